The first-order valence-electron chi connectivity index (χ1n) is 6.86. The number of ether oxygens (including phenoxy) is 2. The summed E-state index contributed by atoms with van der Waals surface area (Å²) in [6, 6.07) is 7.43. The van der Waals surface area contributed by atoms with Crippen molar-refractivity contribution in [3.8, 4) is 11.5 Å². The summed E-state index contributed by atoms with van der Waals surface area (Å²) in [4.78, 5) is 0. The van der Waals surface area contributed by atoms with E-state index in [-0.39, 0.29) is 6.04 Å². The van der Waals surface area contributed by atoms with Gasteiger partial charge in [0, 0.05) is 7.05 Å². The van der Waals surface area contributed by atoms with Crippen molar-refractivity contribution in [3.05, 3.63) is 41.2 Å². The Morgan fingerprint density at radius 3 is 2.33 bits per heavy atom. The molecule has 0 spiro atoms. The number of aryl methyl sites for hydroxylation is 2. The summed E-state index contributed by atoms with van der Waals surface area (Å²) in [5, 5.41) is 4.47. The van der Waals surface area contributed by atoms with Crippen LogP contribution in [0.25, 0.3) is 0 Å². The van der Waals surface area contributed by atoms with Crippen LogP contribution in [0.5, 0.6) is 11.5 Å². The predicted molar refractivity (Wildman–Crippen MR) is 81.3 cm³/mol. The number of aromatic nitrogens is 2. The first kappa shape index (κ1) is 15.3. The van der Waals surface area contributed by atoms with Crippen LogP contribution in [-0.4, -0.2) is 24.0 Å². The van der Waals surface area contributed by atoms with E-state index in [1.165, 1.54) is 0 Å². The van der Waals surface area contributed by atoms with Crippen molar-refractivity contribution in [1.82, 2.24) is 15.2 Å². The Labute approximate surface area is 124 Å². The van der Waals surface area contributed by atoms with E-state index in [1.54, 1.807) is 14.2 Å². The van der Waals surface area contributed by atoms with Crippen LogP contribution in [0.2, 0.25) is 0 Å². The fraction of sp³-hybridized carbons (Fsp3) is 0.400. The fourth-order valence-corrected chi connectivity index (χ4v) is 2.47. The lowest BCUT2D eigenvalue weighted by Crippen LogP contribution is -2.31. The molecule has 3 N–H and O–H groups in total. The largest absolute Gasteiger partial charge is 0.496 e. The normalized spacial score (nSPS) is 12.2. The van der Waals surface area contributed by atoms with Gasteiger partial charge in [-0.1, -0.05) is 13.0 Å². The molecular formula is C15H22N4O2. The summed E-state index contributed by atoms with van der Waals surface area (Å²) in [5.41, 5.74) is 5.67. The van der Waals surface area contributed by atoms with Crippen molar-refractivity contribution in [1.29, 1.82) is 0 Å². The SMILES string of the molecule is CCc1cc(C(NN)c2c(OC)cccc2OC)n(C)n1. The lowest BCUT2D eigenvalue weighted by molar-refractivity contribution is 0.375. The minimum Gasteiger partial charge on any atom is -0.496 e. The molecule has 0 saturated carbocycles. The third kappa shape index (κ3) is 2.86. The second kappa shape index (κ2) is 6.60. The number of benzene rings is 1. The number of rotatable bonds is 6. The molecule has 0 aliphatic carbocycles. The highest BCUT2D eigenvalue weighted by Gasteiger charge is 2.24. The van der Waals surface area contributed by atoms with Crippen LogP contribution in [0.4, 0.5) is 0 Å². The van der Waals surface area contributed by atoms with E-state index < -0.39 is 0 Å². The molecule has 1 unspecified atom stereocenters. The Bertz CT molecular complexity index is 587. The number of hydrogen-bond acceptors (Lipinski definition) is 5. The van der Waals surface area contributed by atoms with Gasteiger partial charge in [0.1, 0.15) is 11.5 Å². The summed E-state index contributed by atoms with van der Waals surface area (Å²) < 4.78 is 12.7. The van der Waals surface area contributed by atoms with Gasteiger partial charge in [0.05, 0.1) is 37.2 Å². The summed E-state index contributed by atoms with van der Waals surface area (Å²) >= 11 is 0. The Morgan fingerprint density at radius 2 is 1.90 bits per heavy atom. The smallest absolute Gasteiger partial charge is 0.127 e. The quantitative estimate of drug-likeness (QED) is 0.624. The van der Waals surface area contributed by atoms with Crippen molar-refractivity contribution in [2.45, 2.75) is 19.4 Å². The topological polar surface area (TPSA) is 74.3 Å². The molecule has 6 nitrogen and oxygen atoms in total. The molecular weight excluding hydrogens is 268 g/mol. The average Bonchev–Trinajstić information content (AvgIpc) is 2.89. The molecule has 2 rings (SSSR count). The Kier molecular flexibility index (Phi) is 4.82. The molecule has 0 fully saturated rings. The maximum atomic E-state index is 5.80. The zero-order chi connectivity index (χ0) is 15.4. The maximum Gasteiger partial charge on any atom is 0.127 e. The summed E-state index contributed by atoms with van der Waals surface area (Å²) in [6.07, 6.45) is 0.869. The molecule has 1 heterocycles. The van der Waals surface area contributed by atoms with Crippen molar-refractivity contribution >= 4 is 0 Å². The molecule has 0 radical (unpaired) electrons. The van der Waals surface area contributed by atoms with Gasteiger partial charge < -0.3 is 9.47 Å². The molecule has 21 heavy (non-hydrogen) atoms. The monoisotopic (exact) mass is 290 g/mol. The van der Waals surface area contributed by atoms with E-state index in [0.29, 0.717) is 0 Å². The fourth-order valence-electron chi connectivity index (χ4n) is 2.47. The van der Waals surface area contributed by atoms with Gasteiger partial charge >= 0.3 is 0 Å². The predicted octanol–water partition coefficient (Wildman–Crippen LogP) is 1.55. The molecule has 2 aromatic rings. The molecule has 0 bridgehead atoms. The molecule has 0 amide bonds. The van der Waals surface area contributed by atoms with E-state index in [1.807, 2.05) is 36.0 Å². The summed E-state index contributed by atoms with van der Waals surface area (Å²) in [7, 11) is 5.17. The number of nitrogens with zero attached hydrogens (tertiary/aromatic N) is 2. The Balaban J connectivity index is 2.57. The van der Waals surface area contributed by atoms with Crippen molar-refractivity contribution in [2.75, 3.05) is 14.2 Å². The highest BCUT2D eigenvalue weighted by Crippen LogP contribution is 2.36. The molecule has 114 valence electrons. The second-order valence-electron chi connectivity index (χ2n) is 4.71. The third-order valence-corrected chi connectivity index (χ3v) is 3.55. The van der Waals surface area contributed by atoms with E-state index >= 15 is 0 Å². The van der Waals surface area contributed by atoms with Crippen LogP contribution in [0.3, 0.4) is 0 Å². The molecule has 1 aromatic carbocycles. The minimum atomic E-state index is -0.270. The number of hydrazine groups is 1. The van der Waals surface area contributed by atoms with Crippen molar-refractivity contribution in [3.63, 3.8) is 0 Å². The maximum absolute atomic E-state index is 5.80. The van der Waals surface area contributed by atoms with Crippen LogP contribution in [0.15, 0.2) is 24.3 Å². The lowest BCUT2D eigenvalue weighted by Gasteiger charge is -2.21. The molecule has 0 saturated heterocycles. The molecule has 1 atom stereocenters. The van der Waals surface area contributed by atoms with Gasteiger partial charge in [-0.25, -0.2) is 5.43 Å². The molecule has 0 aliphatic rings. The number of nitrogens with two attached hydrogens (primary N) is 1. The van der Waals surface area contributed by atoms with Gasteiger partial charge in [0.25, 0.3) is 0 Å². The Hall–Kier alpha value is -2.05. The molecule has 1 aromatic heterocycles. The van der Waals surface area contributed by atoms with Crippen LogP contribution >= 0.6 is 0 Å². The standard InChI is InChI=1S/C15H22N4O2/c1-5-10-9-11(19(2)18-10)15(17-16)14-12(20-3)7-6-8-13(14)21-4/h6-9,15,17H,5,16H2,1-4H3. The van der Waals surface area contributed by atoms with Crippen molar-refractivity contribution < 1.29 is 9.47 Å². The van der Waals surface area contributed by atoms with Crippen LogP contribution in [0, 0.1) is 0 Å². The van der Waals surface area contributed by atoms with Gasteiger partial charge in [0.15, 0.2) is 0 Å². The average molecular weight is 290 g/mol. The highest BCUT2D eigenvalue weighted by molar-refractivity contribution is 5.49. The summed E-state index contributed by atoms with van der Waals surface area (Å²) in [6.45, 7) is 2.07. The lowest BCUT2D eigenvalue weighted by atomic mass is 10.0. The number of methoxy groups -OCH3 is 2. The van der Waals surface area contributed by atoms with E-state index in [9.17, 15) is 0 Å². The zero-order valence-corrected chi connectivity index (χ0v) is 12.9. The van der Waals surface area contributed by atoms with E-state index in [0.717, 1.165) is 34.9 Å². The first-order valence-corrected chi connectivity index (χ1v) is 6.86. The summed E-state index contributed by atoms with van der Waals surface area (Å²) in [5.74, 6) is 7.24. The van der Waals surface area contributed by atoms with Gasteiger partial charge in [0.2, 0.25) is 0 Å². The van der Waals surface area contributed by atoms with E-state index in [2.05, 4.69) is 17.4 Å². The number of hydrogen-bond donors (Lipinski definition) is 2. The van der Waals surface area contributed by atoms with Gasteiger partial charge in [-0.3, -0.25) is 10.5 Å². The number of nitrogens with one attached hydrogen (secondary N) is 1. The second-order valence-corrected chi connectivity index (χ2v) is 4.71. The Morgan fingerprint density at radius 1 is 1.29 bits per heavy atom. The van der Waals surface area contributed by atoms with Crippen LogP contribution in [-0.2, 0) is 13.5 Å². The van der Waals surface area contributed by atoms with Gasteiger partial charge in [-0.05, 0) is 24.6 Å². The first-order chi connectivity index (χ1) is 10.2. The molecule has 6 heteroatoms. The van der Waals surface area contributed by atoms with E-state index in [4.69, 9.17) is 15.3 Å². The van der Waals surface area contributed by atoms with Gasteiger partial charge in [-0.15, -0.1) is 0 Å². The molecule has 0 aliphatic heterocycles. The van der Waals surface area contributed by atoms with Crippen molar-refractivity contribution in [2.24, 2.45) is 12.9 Å². The van der Waals surface area contributed by atoms with Crippen LogP contribution < -0.4 is 20.7 Å². The minimum absolute atomic E-state index is 0.270. The zero-order valence-electron chi connectivity index (χ0n) is 12.9. The van der Waals surface area contributed by atoms with Gasteiger partial charge in [-0.2, -0.15) is 5.10 Å². The third-order valence-electron chi connectivity index (χ3n) is 3.55. The van der Waals surface area contributed by atoms with Crippen LogP contribution in [0.1, 0.15) is 29.9 Å². The highest BCUT2D eigenvalue weighted by atomic mass is 16.5.